The van der Waals surface area contributed by atoms with Gasteiger partial charge in [0.2, 0.25) is 0 Å². The number of hydrogen-bond donors (Lipinski definition) is 0. The molecule has 0 aliphatic rings. The fourth-order valence-corrected chi connectivity index (χ4v) is 1.20. The van der Waals surface area contributed by atoms with Crippen molar-refractivity contribution in [3.8, 4) is 0 Å². The van der Waals surface area contributed by atoms with Crippen LogP contribution in [-0.4, -0.2) is 11.9 Å². The highest BCUT2D eigenvalue weighted by Crippen LogP contribution is 2.13. The first-order valence-corrected chi connectivity index (χ1v) is 5.51. The summed E-state index contributed by atoms with van der Waals surface area (Å²) in [4.78, 5) is 2.05. The molecule has 0 aliphatic heterocycles. The SMILES string of the molecule is C=C(C(C)/C=C\C=C/CC)N(C)/C=C\C. The highest BCUT2D eigenvalue weighted by molar-refractivity contribution is 5.13. The molecule has 1 heteroatoms. The summed E-state index contributed by atoms with van der Waals surface area (Å²) in [7, 11) is 2.02. The molecule has 0 saturated carbocycles. The van der Waals surface area contributed by atoms with Gasteiger partial charge in [-0.3, -0.25) is 0 Å². The molecule has 0 saturated heterocycles. The maximum atomic E-state index is 4.07. The highest BCUT2D eigenvalue weighted by atomic mass is 15.1. The van der Waals surface area contributed by atoms with Gasteiger partial charge in [0.15, 0.2) is 0 Å². The molecule has 0 aromatic heterocycles. The zero-order valence-corrected chi connectivity index (χ0v) is 10.4. The maximum Gasteiger partial charge on any atom is 0.0165 e. The Kier molecular flexibility index (Phi) is 7.43. The Balaban J connectivity index is 4.20. The summed E-state index contributed by atoms with van der Waals surface area (Å²) in [6.07, 6.45) is 13.6. The summed E-state index contributed by atoms with van der Waals surface area (Å²) in [6.45, 7) is 10.4. The molecule has 1 nitrogen and oxygen atoms in total. The third kappa shape index (κ3) is 5.95. The molecule has 0 radical (unpaired) electrons. The lowest BCUT2D eigenvalue weighted by molar-refractivity contribution is 0.511. The molecule has 15 heavy (non-hydrogen) atoms. The summed E-state index contributed by atoms with van der Waals surface area (Å²) in [5.41, 5.74) is 1.11. The van der Waals surface area contributed by atoms with E-state index in [0.717, 1.165) is 12.1 Å². The van der Waals surface area contributed by atoms with Gasteiger partial charge < -0.3 is 4.90 Å². The van der Waals surface area contributed by atoms with Crippen molar-refractivity contribution in [1.29, 1.82) is 0 Å². The first-order chi connectivity index (χ1) is 7.13. The summed E-state index contributed by atoms with van der Waals surface area (Å²) in [5.74, 6) is 0.368. The molecule has 0 amide bonds. The lowest BCUT2D eigenvalue weighted by atomic mass is 10.1. The molecule has 0 spiro atoms. The molecule has 1 unspecified atom stereocenters. The second-order valence-corrected chi connectivity index (χ2v) is 3.59. The summed E-state index contributed by atoms with van der Waals surface area (Å²) in [5, 5.41) is 0. The second-order valence-electron chi connectivity index (χ2n) is 3.59. The maximum absolute atomic E-state index is 4.07. The van der Waals surface area contributed by atoms with E-state index >= 15 is 0 Å². The Labute approximate surface area is 94.5 Å². The van der Waals surface area contributed by atoms with Crippen molar-refractivity contribution in [1.82, 2.24) is 4.90 Å². The smallest absolute Gasteiger partial charge is 0.0165 e. The molecule has 0 aliphatic carbocycles. The molecule has 0 bridgehead atoms. The number of allylic oxidation sites excluding steroid dienone is 5. The zero-order valence-electron chi connectivity index (χ0n) is 10.4. The average molecular weight is 205 g/mol. The van der Waals surface area contributed by atoms with E-state index in [9.17, 15) is 0 Å². The van der Waals surface area contributed by atoms with Crippen LogP contribution in [-0.2, 0) is 0 Å². The largest absolute Gasteiger partial charge is 0.355 e. The average Bonchev–Trinajstić information content (AvgIpc) is 2.23. The van der Waals surface area contributed by atoms with Gasteiger partial charge in [-0.1, -0.05) is 50.8 Å². The van der Waals surface area contributed by atoms with Crippen LogP contribution in [0.15, 0.2) is 48.9 Å². The van der Waals surface area contributed by atoms with E-state index in [1.165, 1.54) is 0 Å². The summed E-state index contributed by atoms with van der Waals surface area (Å²) in [6, 6.07) is 0. The first kappa shape index (κ1) is 13.8. The highest BCUT2D eigenvalue weighted by Gasteiger charge is 2.04. The monoisotopic (exact) mass is 205 g/mol. The molecule has 0 aromatic carbocycles. The van der Waals surface area contributed by atoms with E-state index in [1.54, 1.807) is 0 Å². The fraction of sp³-hybridized carbons (Fsp3) is 0.429. The normalized spacial score (nSPS) is 14.1. The molecular weight excluding hydrogens is 182 g/mol. The van der Waals surface area contributed by atoms with Crippen molar-refractivity contribution in [3.05, 3.63) is 48.9 Å². The summed E-state index contributed by atoms with van der Waals surface area (Å²) < 4.78 is 0. The van der Waals surface area contributed by atoms with Crippen LogP contribution in [0.1, 0.15) is 27.2 Å². The van der Waals surface area contributed by atoms with Crippen LogP contribution in [0.4, 0.5) is 0 Å². The fourth-order valence-electron chi connectivity index (χ4n) is 1.20. The van der Waals surface area contributed by atoms with Gasteiger partial charge in [0.25, 0.3) is 0 Å². The van der Waals surface area contributed by atoms with Crippen LogP contribution < -0.4 is 0 Å². The van der Waals surface area contributed by atoms with Crippen molar-refractivity contribution >= 4 is 0 Å². The predicted octanol–water partition coefficient (Wildman–Crippen LogP) is 4.12. The van der Waals surface area contributed by atoms with Crippen molar-refractivity contribution in [2.24, 2.45) is 5.92 Å². The quantitative estimate of drug-likeness (QED) is 0.589. The Hall–Kier alpha value is -1.24. The summed E-state index contributed by atoms with van der Waals surface area (Å²) >= 11 is 0. The van der Waals surface area contributed by atoms with Gasteiger partial charge in [0.1, 0.15) is 0 Å². The van der Waals surface area contributed by atoms with Crippen LogP contribution in [0.5, 0.6) is 0 Å². The Morgan fingerprint density at radius 2 is 2.07 bits per heavy atom. The first-order valence-electron chi connectivity index (χ1n) is 5.51. The van der Waals surface area contributed by atoms with Crippen LogP contribution in [0.2, 0.25) is 0 Å². The van der Waals surface area contributed by atoms with Gasteiger partial charge in [0, 0.05) is 18.7 Å². The van der Waals surface area contributed by atoms with Gasteiger partial charge >= 0.3 is 0 Å². The lowest BCUT2D eigenvalue weighted by Crippen LogP contribution is -2.14. The van der Waals surface area contributed by atoms with Crippen LogP contribution in [0, 0.1) is 5.92 Å². The van der Waals surface area contributed by atoms with E-state index in [0.29, 0.717) is 5.92 Å². The van der Waals surface area contributed by atoms with Gasteiger partial charge in [-0.05, 0) is 19.5 Å². The molecule has 1 atom stereocenters. The van der Waals surface area contributed by atoms with E-state index in [2.05, 4.69) is 49.6 Å². The zero-order chi connectivity index (χ0) is 11.7. The molecule has 0 N–H and O–H groups in total. The molecular formula is C14H23N. The molecule has 0 aromatic rings. The van der Waals surface area contributed by atoms with Crippen molar-refractivity contribution in [2.75, 3.05) is 7.05 Å². The minimum atomic E-state index is 0.368. The van der Waals surface area contributed by atoms with E-state index in [1.807, 2.05) is 26.2 Å². The van der Waals surface area contributed by atoms with E-state index in [-0.39, 0.29) is 0 Å². The Morgan fingerprint density at radius 1 is 1.40 bits per heavy atom. The minimum absolute atomic E-state index is 0.368. The van der Waals surface area contributed by atoms with Gasteiger partial charge in [0.05, 0.1) is 0 Å². The Morgan fingerprint density at radius 3 is 2.60 bits per heavy atom. The van der Waals surface area contributed by atoms with E-state index < -0.39 is 0 Å². The number of hydrogen-bond acceptors (Lipinski definition) is 1. The van der Waals surface area contributed by atoms with Crippen molar-refractivity contribution in [2.45, 2.75) is 27.2 Å². The molecule has 84 valence electrons. The van der Waals surface area contributed by atoms with Crippen molar-refractivity contribution < 1.29 is 0 Å². The number of nitrogens with zero attached hydrogens (tertiary/aromatic N) is 1. The van der Waals surface area contributed by atoms with Gasteiger partial charge in [-0.15, -0.1) is 0 Å². The second kappa shape index (κ2) is 8.10. The third-order valence-electron chi connectivity index (χ3n) is 2.23. The van der Waals surface area contributed by atoms with Crippen LogP contribution >= 0.6 is 0 Å². The topological polar surface area (TPSA) is 3.24 Å². The number of rotatable bonds is 6. The third-order valence-corrected chi connectivity index (χ3v) is 2.23. The van der Waals surface area contributed by atoms with Crippen molar-refractivity contribution in [3.63, 3.8) is 0 Å². The van der Waals surface area contributed by atoms with Crippen LogP contribution in [0.3, 0.4) is 0 Å². The predicted molar refractivity (Wildman–Crippen MR) is 69.5 cm³/mol. The lowest BCUT2D eigenvalue weighted by Gasteiger charge is -2.20. The molecule has 0 fully saturated rings. The molecule has 0 heterocycles. The standard InChI is InChI=1S/C14H23N/c1-6-8-9-10-11-13(3)14(4)15(5)12-7-2/h7-13H,4,6H2,1-3,5H3/b9-8-,11-10-,12-7-. The van der Waals surface area contributed by atoms with E-state index in [4.69, 9.17) is 0 Å². The van der Waals surface area contributed by atoms with Crippen LogP contribution in [0.25, 0.3) is 0 Å². The van der Waals surface area contributed by atoms with Gasteiger partial charge in [-0.25, -0.2) is 0 Å². The minimum Gasteiger partial charge on any atom is -0.355 e. The van der Waals surface area contributed by atoms with Gasteiger partial charge in [-0.2, -0.15) is 0 Å². The Bertz CT molecular complexity index is 259. The molecule has 0 rings (SSSR count).